The lowest BCUT2D eigenvalue weighted by atomic mass is 10.0. The average molecular weight is 317 g/mol. The van der Waals surface area contributed by atoms with Crippen LogP contribution in [0.2, 0.25) is 0 Å². The summed E-state index contributed by atoms with van der Waals surface area (Å²) in [6.45, 7) is 1.86. The van der Waals surface area contributed by atoms with Crippen molar-refractivity contribution in [1.29, 1.82) is 0 Å². The first-order valence-electron chi connectivity index (χ1n) is 6.58. The summed E-state index contributed by atoms with van der Waals surface area (Å²) in [4.78, 5) is 24.7. The predicted molar refractivity (Wildman–Crippen MR) is 69.4 cm³/mol. The van der Waals surface area contributed by atoms with Gasteiger partial charge >= 0.3 is 12.3 Å². The van der Waals surface area contributed by atoms with E-state index < -0.39 is 35.9 Å². The lowest BCUT2D eigenvalue weighted by Gasteiger charge is -2.23. The number of aliphatic carboxylic acids is 1. The summed E-state index contributed by atoms with van der Waals surface area (Å²) in [6, 6.07) is 4.22. The van der Waals surface area contributed by atoms with Crippen molar-refractivity contribution < 1.29 is 32.6 Å². The van der Waals surface area contributed by atoms with Crippen molar-refractivity contribution >= 4 is 11.9 Å². The Labute approximate surface area is 124 Å². The molecule has 1 fully saturated rings. The largest absolute Gasteiger partial charge is 0.573 e. The fourth-order valence-electron chi connectivity index (χ4n) is 2.55. The molecule has 0 aliphatic carbocycles. The van der Waals surface area contributed by atoms with Gasteiger partial charge in [0, 0.05) is 18.2 Å². The molecule has 1 aromatic rings. The highest BCUT2D eigenvalue weighted by atomic mass is 19.4. The number of alkyl halides is 3. The molecule has 120 valence electrons. The molecule has 2 unspecified atom stereocenters. The second-order valence-electron chi connectivity index (χ2n) is 5.05. The Morgan fingerprint density at radius 2 is 2.05 bits per heavy atom. The summed E-state index contributed by atoms with van der Waals surface area (Å²) in [7, 11) is 0. The van der Waals surface area contributed by atoms with Crippen molar-refractivity contribution in [2.45, 2.75) is 25.7 Å². The van der Waals surface area contributed by atoms with Crippen molar-refractivity contribution in [2.75, 3.05) is 6.54 Å². The van der Waals surface area contributed by atoms with Gasteiger partial charge in [-0.2, -0.15) is 0 Å². The Bertz CT molecular complexity index is 588. The molecule has 0 saturated carbocycles. The van der Waals surface area contributed by atoms with Crippen molar-refractivity contribution in [3.05, 3.63) is 29.8 Å². The second kappa shape index (κ2) is 5.86. The van der Waals surface area contributed by atoms with Gasteiger partial charge in [0.2, 0.25) is 0 Å². The SMILES string of the molecule is CC1C(C(=O)O)CCN1C(=O)c1cccc(OC(F)(F)F)c1. The van der Waals surface area contributed by atoms with Crippen molar-refractivity contribution in [3.8, 4) is 5.75 Å². The number of benzene rings is 1. The quantitative estimate of drug-likeness (QED) is 0.930. The van der Waals surface area contributed by atoms with Gasteiger partial charge in [-0.3, -0.25) is 9.59 Å². The van der Waals surface area contributed by atoms with E-state index in [-0.39, 0.29) is 12.1 Å². The number of carbonyl (C=O) groups excluding carboxylic acids is 1. The fraction of sp³-hybridized carbons (Fsp3) is 0.429. The zero-order valence-corrected chi connectivity index (χ0v) is 11.6. The van der Waals surface area contributed by atoms with Crippen LogP contribution in [0.25, 0.3) is 0 Å². The molecule has 1 aliphatic heterocycles. The standard InChI is InChI=1S/C14H14F3NO4/c1-8-11(13(20)21)5-6-18(8)12(19)9-3-2-4-10(7-9)22-14(15,16)17/h2-4,7-8,11H,5-6H2,1H3,(H,20,21). The van der Waals surface area contributed by atoms with Crippen LogP contribution in [0.4, 0.5) is 13.2 Å². The number of nitrogens with zero attached hydrogens (tertiary/aromatic N) is 1. The molecule has 22 heavy (non-hydrogen) atoms. The van der Waals surface area contributed by atoms with Crippen LogP contribution in [0.3, 0.4) is 0 Å². The van der Waals surface area contributed by atoms with Crippen LogP contribution in [0.5, 0.6) is 5.75 Å². The number of carboxylic acids is 1. The molecule has 8 heteroatoms. The maximum absolute atomic E-state index is 12.3. The van der Waals surface area contributed by atoms with Gasteiger partial charge in [-0.25, -0.2) is 0 Å². The Balaban J connectivity index is 2.17. The summed E-state index contributed by atoms with van der Waals surface area (Å²) >= 11 is 0. The first-order valence-corrected chi connectivity index (χ1v) is 6.58. The minimum atomic E-state index is -4.84. The Morgan fingerprint density at radius 1 is 1.36 bits per heavy atom. The highest BCUT2D eigenvalue weighted by Crippen LogP contribution is 2.28. The van der Waals surface area contributed by atoms with Crippen LogP contribution in [-0.4, -0.2) is 40.8 Å². The van der Waals surface area contributed by atoms with Crippen LogP contribution in [0.15, 0.2) is 24.3 Å². The van der Waals surface area contributed by atoms with Gasteiger partial charge in [-0.05, 0) is 31.5 Å². The molecule has 0 bridgehead atoms. The van der Waals surface area contributed by atoms with E-state index in [1.54, 1.807) is 6.92 Å². The third-order valence-electron chi connectivity index (χ3n) is 3.65. The molecule has 1 saturated heterocycles. The number of rotatable bonds is 3. The van der Waals surface area contributed by atoms with Gasteiger partial charge in [-0.1, -0.05) is 6.07 Å². The average Bonchev–Trinajstić information content (AvgIpc) is 2.78. The molecule has 2 rings (SSSR count). The van der Waals surface area contributed by atoms with Crippen molar-refractivity contribution in [2.24, 2.45) is 5.92 Å². The molecule has 2 atom stereocenters. The van der Waals surface area contributed by atoms with E-state index in [9.17, 15) is 22.8 Å². The first-order chi connectivity index (χ1) is 10.2. The maximum atomic E-state index is 12.3. The molecule has 5 nitrogen and oxygen atoms in total. The first kappa shape index (κ1) is 16.1. The summed E-state index contributed by atoms with van der Waals surface area (Å²) in [6.07, 6.45) is -4.52. The number of ether oxygens (including phenoxy) is 1. The summed E-state index contributed by atoms with van der Waals surface area (Å²) in [5, 5.41) is 9.04. The second-order valence-corrected chi connectivity index (χ2v) is 5.05. The minimum Gasteiger partial charge on any atom is -0.481 e. The van der Waals surface area contributed by atoms with Crippen LogP contribution in [0.1, 0.15) is 23.7 Å². The van der Waals surface area contributed by atoms with E-state index in [1.807, 2.05) is 0 Å². The molecular formula is C14H14F3NO4. The van der Waals surface area contributed by atoms with E-state index in [2.05, 4.69) is 4.74 Å². The Hall–Kier alpha value is -2.25. The topological polar surface area (TPSA) is 66.8 Å². The molecular weight excluding hydrogens is 303 g/mol. The Morgan fingerprint density at radius 3 is 2.59 bits per heavy atom. The summed E-state index contributed by atoms with van der Waals surface area (Å²) in [5.41, 5.74) is 0.0274. The molecule has 1 amide bonds. The number of hydrogen-bond acceptors (Lipinski definition) is 3. The van der Waals surface area contributed by atoms with Gasteiger partial charge in [0.15, 0.2) is 0 Å². The lowest BCUT2D eigenvalue weighted by molar-refractivity contribution is -0.274. The molecule has 1 heterocycles. The minimum absolute atomic E-state index is 0.0274. The van der Waals surface area contributed by atoms with E-state index in [1.165, 1.54) is 17.0 Å². The van der Waals surface area contributed by atoms with Crippen LogP contribution in [-0.2, 0) is 4.79 Å². The summed E-state index contributed by atoms with van der Waals surface area (Å²) < 4.78 is 40.4. The van der Waals surface area contributed by atoms with Gasteiger partial charge in [0.25, 0.3) is 5.91 Å². The third kappa shape index (κ3) is 3.49. The number of carboxylic acid groups (broad SMARTS) is 1. The van der Waals surface area contributed by atoms with Crippen molar-refractivity contribution in [3.63, 3.8) is 0 Å². The third-order valence-corrected chi connectivity index (χ3v) is 3.65. The lowest BCUT2D eigenvalue weighted by Crippen LogP contribution is -2.37. The van der Waals surface area contributed by atoms with Gasteiger partial charge in [0.05, 0.1) is 5.92 Å². The maximum Gasteiger partial charge on any atom is 0.573 e. The molecule has 0 spiro atoms. The number of likely N-dealkylation sites (tertiary alicyclic amines) is 1. The van der Waals surface area contributed by atoms with Gasteiger partial charge < -0.3 is 14.7 Å². The molecule has 1 aromatic carbocycles. The van der Waals surface area contributed by atoms with E-state index in [0.717, 1.165) is 12.1 Å². The zero-order valence-electron chi connectivity index (χ0n) is 11.6. The number of halogens is 3. The van der Waals surface area contributed by atoms with E-state index in [4.69, 9.17) is 5.11 Å². The molecule has 1 N–H and O–H groups in total. The van der Waals surface area contributed by atoms with E-state index in [0.29, 0.717) is 6.42 Å². The fourth-order valence-corrected chi connectivity index (χ4v) is 2.55. The highest BCUT2D eigenvalue weighted by molar-refractivity contribution is 5.95. The van der Waals surface area contributed by atoms with Crippen LogP contribution >= 0.6 is 0 Å². The van der Waals surface area contributed by atoms with Gasteiger partial charge in [-0.15, -0.1) is 13.2 Å². The van der Waals surface area contributed by atoms with E-state index >= 15 is 0 Å². The molecule has 0 aromatic heterocycles. The van der Waals surface area contributed by atoms with Crippen LogP contribution < -0.4 is 4.74 Å². The predicted octanol–water partition coefficient (Wildman–Crippen LogP) is 2.52. The number of hydrogen-bond donors (Lipinski definition) is 1. The molecule has 0 radical (unpaired) electrons. The number of amides is 1. The smallest absolute Gasteiger partial charge is 0.481 e. The zero-order chi connectivity index (χ0) is 16.5. The highest BCUT2D eigenvalue weighted by Gasteiger charge is 2.38. The van der Waals surface area contributed by atoms with Crippen molar-refractivity contribution in [1.82, 2.24) is 4.90 Å². The monoisotopic (exact) mass is 317 g/mol. The Kier molecular flexibility index (Phi) is 4.30. The van der Waals surface area contributed by atoms with Gasteiger partial charge in [0.1, 0.15) is 5.75 Å². The number of carbonyl (C=O) groups is 2. The van der Waals surface area contributed by atoms with Crippen LogP contribution in [0, 0.1) is 5.92 Å². The summed E-state index contributed by atoms with van der Waals surface area (Å²) in [5.74, 6) is -2.65. The molecule has 1 aliphatic rings. The normalized spacial score (nSPS) is 21.7.